The molecule has 0 atom stereocenters. The van der Waals surface area contributed by atoms with Gasteiger partial charge in [0.1, 0.15) is 0 Å². The van der Waals surface area contributed by atoms with Crippen molar-refractivity contribution >= 4 is 37.4 Å². The fourth-order valence-corrected chi connectivity index (χ4v) is 0. The molecule has 0 bridgehead atoms. The van der Waals surface area contributed by atoms with E-state index in [9.17, 15) is 0 Å². The topological polar surface area (TPSA) is 98.0 Å². The van der Waals surface area contributed by atoms with Gasteiger partial charge in [-0.1, -0.05) is 0 Å². The van der Waals surface area contributed by atoms with E-state index < -0.39 is 7.82 Å². The molecule has 0 amide bonds. The summed E-state index contributed by atoms with van der Waals surface area (Å²) in [5, 5.41) is 0. The Kier molecular flexibility index (Phi) is 17.7. The van der Waals surface area contributed by atoms with E-state index in [0.29, 0.717) is 0 Å². The van der Waals surface area contributed by atoms with Gasteiger partial charge in [0.15, 0.2) is 0 Å². The first kappa shape index (κ1) is 16.3. The number of rotatable bonds is 0. The number of phosphoric acid groups is 1. The molecular weight excluding hydrogens is 185 g/mol. The SMILES string of the molecule is O=P(O)(O)O.[NaH].[OH][V]. The Balaban J connectivity index is -0.0000000750. The van der Waals surface area contributed by atoms with Crippen molar-refractivity contribution in [3.05, 3.63) is 0 Å². The first-order chi connectivity index (χ1) is 3.00. The van der Waals surface area contributed by atoms with E-state index in [2.05, 4.69) is 0 Å². The summed E-state index contributed by atoms with van der Waals surface area (Å²) in [7, 11) is -4.64. The van der Waals surface area contributed by atoms with Crippen molar-refractivity contribution in [2.24, 2.45) is 0 Å². The average Bonchev–Trinajstić information content (AvgIpc) is 1.36. The molecule has 0 aliphatic carbocycles. The first-order valence-corrected chi connectivity index (χ1v) is 3.17. The molecule has 4 N–H and O–H groups in total. The summed E-state index contributed by atoms with van der Waals surface area (Å²) in [6.45, 7) is 0. The van der Waals surface area contributed by atoms with Crippen molar-refractivity contribution in [3.8, 4) is 0 Å². The van der Waals surface area contributed by atoms with Crippen LogP contribution < -0.4 is 0 Å². The van der Waals surface area contributed by atoms with E-state index in [0.717, 1.165) is 0 Å². The van der Waals surface area contributed by atoms with Crippen LogP contribution in [-0.4, -0.2) is 48.3 Å². The molecule has 0 aliphatic heterocycles. The zero-order chi connectivity index (χ0) is 6.50. The molecule has 0 heterocycles. The average molecular weight is 190 g/mol. The minimum absolute atomic E-state index is 0. The molecule has 0 aliphatic rings. The van der Waals surface area contributed by atoms with Crippen LogP contribution in [0.15, 0.2) is 0 Å². The summed E-state index contributed by atoms with van der Waals surface area (Å²) in [5.74, 6) is 0. The monoisotopic (exact) mass is 190 g/mol. The van der Waals surface area contributed by atoms with Crippen LogP contribution in [0.4, 0.5) is 0 Å². The molecule has 8 heteroatoms. The van der Waals surface area contributed by atoms with Crippen molar-refractivity contribution in [2.75, 3.05) is 0 Å². The molecule has 0 rings (SSSR count). The third-order valence-electron chi connectivity index (χ3n) is 0. The summed E-state index contributed by atoms with van der Waals surface area (Å²) in [5.41, 5.74) is 0. The Bertz CT molecular complexity index is 58.6. The van der Waals surface area contributed by atoms with Gasteiger partial charge < -0.3 is 14.7 Å². The molecule has 8 heavy (non-hydrogen) atoms. The Labute approximate surface area is 78.0 Å². The second kappa shape index (κ2) is 8.65. The van der Waals surface area contributed by atoms with Crippen molar-refractivity contribution in [1.82, 2.24) is 0 Å². The second-order valence-corrected chi connectivity index (χ2v) is 1.54. The first-order valence-electron chi connectivity index (χ1n) is 0.983. The standard InChI is InChI=1S/Na.H3O4P.H2O.V.H/c;1-5(2,3)4;;;/h;(H3,1,2,3,4);1H2;;/q;;;+1;/p-1. The normalized spacial score (nSPS) is 8.00. The zero-order valence-corrected chi connectivity index (χ0v) is 5.38. The summed E-state index contributed by atoms with van der Waals surface area (Å²) in [6, 6.07) is 0. The maximum atomic E-state index is 8.88. The van der Waals surface area contributed by atoms with Crippen LogP contribution in [-0.2, 0) is 22.3 Å². The van der Waals surface area contributed by atoms with Gasteiger partial charge in [-0.3, -0.25) is 0 Å². The van der Waals surface area contributed by atoms with Crippen LogP contribution in [0.2, 0.25) is 0 Å². The Morgan fingerprint density at radius 1 is 1.12 bits per heavy atom. The summed E-state index contributed by atoms with van der Waals surface area (Å²) >= 11 is 1.31. The van der Waals surface area contributed by atoms with Crippen LogP contribution in [0, 0.1) is 0 Å². The van der Waals surface area contributed by atoms with Crippen LogP contribution >= 0.6 is 7.82 Å². The second-order valence-electron chi connectivity index (χ2n) is 0.513. The van der Waals surface area contributed by atoms with E-state index in [1.54, 1.807) is 0 Å². The van der Waals surface area contributed by atoms with Gasteiger partial charge in [-0.25, -0.2) is 4.57 Å². The van der Waals surface area contributed by atoms with Crippen molar-refractivity contribution in [3.63, 3.8) is 0 Å². The van der Waals surface area contributed by atoms with Crippen molar-refractivity contribution in [2.45, 2.75) is 0 Å². The van der Waals surface area contributed by atoms with Gasteiger partial charge in [-0.15, -0.1) is 0 Å². The molecule has 0 saturated heterocycles. The van der Waals surface area contributed by atoms with E-state index >= 15 is 0 Å². The zero-order valence-electron chi connectivity index (χ0n) is 3.09. The third kappa shape index (κ3) is 124. The van der Waals surface area contributed by atoms with Gasteiger partial charge >= 0.3 is 59.2 Å². The molecule has 0 unspecified atom stereocenters. The van der Waals surface area contributed by atoms with Crippen LogP contribution in [0.3, 0.4) is 0 Å². The van der Waals surface area contributed by atoms with Gasteiger partial charge in [0, 0.05) is 0 Å². The van der Waals surface area contributed by atoms with Gasteiger partial charge in [0.2, 0.25) is 0 Å². The predicted molar refractivity (Wildman–Crippen MR) is 23.6 cm³/mol. The van der Waals surface area contributed by atoms with Gasteiger partial charge in [-0.05, 0) is 0 Å². The number of hydrogen-bond donors (Lipinski definition) is 4. The van der Waals surface area contributed by atoms with E-state index in [1.807, 2.05) is 0 Å². The van der Waals surface area contributed by atoms with Crippen molar-refractivity contribution < 1.29 is 41.1 Å². The fourth-order valence-electron chi connectivity index (χ4n) is 0. The summed E-state index contributed by atoms with van der Waals surface area (Å²) in [4.78, 5) is 21.6. The molecule has 0 aromatic heterocycles. The van der Waals surface area contributed by atoms with E-state index in [4.69, 9.17) is 23.3 Å². The van der Waals surface area contributed by atoms with E-state index in [-0.39, 0.29) is 29.6 Å². The predicted octanol–water partition coefficient (Wildman–Crippen LogP) is -2.14. The molecule has 0 fully saturated rings. The maximum absolute atomic E-state index is 8.88. The molecular formula is H5NaO5PV. The molecule has 0 radical (unpaired) electrons. The summed E-state index contributed by atoms with van der Waals surface area (Å²) < 4.78 is 15.8. The van der Waals surface area contributed by atoms with Crippen LogP contribution in [0.5, 0.6) is 0 Å². The molecule has 5 nitrogen and oxygen atoms in total. The minimum atomic E-state index is -4.64. The fraction of sp³-hybridized carbons (Fsp3) is 0. The molecule has 46 valence electrons. The van der Waals surface area contributed by atoms with Gasteiger partial charge in [-0.2, -0.15) is 0 Å². The molecule has 0 saturated carbocycles. The van der Waals surface area contributed by atoms with Crippen LogP contribution in [0.25, 0.3) is 0 Å². The Morgan fingerprint density at radius 3 is 1.12 bits per heavy atom. The van der Waals surface area contributed by atoms with Crippen molar-refractivity contribution in [1.29, 1.82) is 0 Å². The molecule has 0 aromatic rings. The Hall–Kier alpha value is 1.65. The van der Waals surface area contributed by atoms with Gasteiger partial charge in [0.05, 0.1) is 0 Å². The summed E-state index contributed by atoms with van der Waals surface area (Å²) in [6.07, 6.45) is 0. The van der Waals surface area contributed by atoms with Gasteiger partial charge in [0.25, 0.3) is 0 Å². The molecule has 0 aromatic carbocycles. The quantitative estimate of drug-likeness (QED) is 0.258. The Morgan fingerprint density at radius 2 is 1.12 bits per heavy atom. The van der Waals surface area contributed by atoms with E-state index in [1.165, 1.54) is 17.8 Å². The van der Waals surface area contributed by atoms with Crippen LogP contribution in [0.1, 0.15) is 0 Å². The third-order valence-corrected chi connectivity index (χ3v) is 0. The number of hydrogen-bond acceptors (Lipinski definition) is 2. The molecule has 0 spiro atoms.